The van der Waals surface area contributed by atoms with Crippen LogP contribution in [-0.4, -0.2) is 28.4 Å². The Kier molecular flexibility index (Phi) is 3.78. The van der Waals surface area contributed by atoms with Crippen molar-refractivity contribution in [2.75, 3.05) is 6.54 Å². The maximum atomic E-state index is 11.7. The predicted octanol–water partition coefficient (Wildman–Crippen LogP) is 2.43. The van der Waals surface area contributed by atoms with Crippen molar-refractivity contribution in [2.24, 2.45) is 5.92 Å². The molecular weight excluding hydrogens is 277 g/mol. The highest BCUT2D eigenvalue weighted by Gasteiger charge is 2.34. The molecule has 0 spiro atoms. The van der Waals surface area contributed by atoms with Crippen LogP contribution in [0.5, 0.6) is 0 Å². The lowest BCUT2D eigenvalue weighted by atomic mass is 10.1. The summed E-state index contributed by atoms with van der Waals surface area (Å²) in [6.45, 7) is 0.455. The Morgan fingerprint density at radius 3 is 2.50 bits per heavy atom. The molecule has 6 heteroatoms. The number of carboxylic acids is 1. The molecule has 0 aliphatic carbocycles. The zero-order valence-electron chi connectivity index (χ0n) is 9.40. The molecule has 1 amide bonds. The van der Waals surface area contributed by atoms with E-state index in [9.17, 15) is 9.59 Å². The Balaban J connectivity index is 2.15. The summed E-state index contributed by atoms with van der Waals surface area (Å²) in [6.07, 6.45) is 0.0391. The lowest BCUT2D eigenvalue weighted by Crippen LogP contribution is -2.26. The first kappa shape index (κ1) is 13.2. The standard InChI is InChI=1S/C12H11Cl2NO3/c13-9-2-1-3-10(14)8(9)6-15-5-7(12(17)18)4-11(15)16/h1-3,7H,4-6H2,(H,17,18)/t7-/m0/s1. The first-order valence-corrected chi connectivity index (χ1v) is 6.18. The van der Waals surface area contributed by atoms with Gasteiger partial charge in [0, 0.05) is 35.1 Å². The number of halogens is 2. The van der Waals surface area contributed by atoms with Gasteiger partial charge in [-0.15, -0.1) is 0 Å². The number of aliphatic carboxylic acids is 1. The van der Waals surface area contributed by atoms with Crippen molar-refractivity contribution in [1.29, 1.82) is 0 Å². The Hall–Kier alpha value is -1.26. The molecule has 1 atom stereocenters. The van der Waals surface area contributed by atoms with Gasteiger partial charge in [0.15, 0.2) is 0 Å². The van der Waals surface area contributed by atoms with E-state index < -0.39 is 11.9 Å². The topological polar surface area (TPSA) is 57.6 Å². The van der Waals surface area contributed by atoms with Gasteiger partial charge < -0.3 is 10.0 Å². The minimum Gasteiger partial charge on any atom is -0.481 e. The van der Waals surface area contributed by atoms with Gasteiger partial charge in [0.25, 0.3) is 0 Å². The van der Waals surface area contributed by atoms with Gasteiger partial charge in [0.1, 0.15) is 0 Å². The highest BCUT2D eigenvalue weighted by Crippen LogP contribution is 2.28. The molecule has 1 aromatic rings. The van der Waals surface area contributed by atoms with E-state index in [-0.39, 0.29) is 25.4 Å². The number of amides is 1. The van der Waals surface area contributed by atoms with Gasteiger partial charge in [-0.2, -0.15) is 0 Å². The molecule has 1 fully saturated rings. The van der Waals surface area contributed by atoms with E-state index in [1.807, 2.05) is 0 Å². The van der Waals surface area contributed by atoms with Crippen LogP contribution in [0.15, 0.2) is 18.2 Å². The van der Waals surface area contributed by atoms with Crippen molar-refractivity contribution in [3.63, 3.8) is 0 Å². The van der Waals surface area contributed by atoms with Crippen LogP contribution in [0, 0.1) is 5.92 Å². The number of nitrogens with zero attached hydrogens (tertiary/aromatic N) is 1. The third-order valence-electron chi connectivity index (χ3n) is 2.97. The number of hydrogen-bond acceptors (Lipinski definition) is 2. The smallest absolute Gasteiger partial charge is 0.308 e. The van der Waals surface area contributed by atoms with Crippen LogP contribution >= 0.6 is 23.2 Å². The molecular formula is C12H11Cl2NO3. The number of hydrogen-bond donors (Lipinski definition) is 1. The number of carbonyl (C=O) groups is 2. The largest absolute Gasteiger partial charge is 0.481 e. The fourth-order valence-corrected chi connectivity index (χ4v) is 2.48. The number of rotatable bonds is 3. The van der Waals surface area contributed by atoms with Gasteiger partial charge >= 0.3 is 5.97 Å². The SMILES string of the molecule is O=C(O)[C@H]1CC(=O)N(Cc2c(Cl)cccc2Cl)C1. The van der Waals surface area contributed by atoms with E-state index in [0.29, 0.717) is 15.6 Å². The minimum absolute atomic E-state index is 0.0391. The maximum Gasteiger partial charge on any atom is 0.308 e. The summed E-state index contributed by atoms with van der Waals surface area (Å²) in [5, 5.41) is 9.85. The molecule has 1 aromatic carbocycles. The van der Waals surface area contributed by atoms with Gasteiger partial charge in [-0.05, 0) is 12.1 Å². The van der Waals surface area contributed by atoms with Crippen molar-refractivity contribution < 1.29 is 14.7 Å². The molecule has 1 saturated heterocycles. The summed E-state index contributed by atoms with van der Waals surface area (Å²) in [5.74, 6) is -1.77. The number of carboxylic acid groups (broad SMARTS) is 1. The van der Waals surface area contributed by atoms with Gasteiger partial charge in [-0.1, -0.05) is 29.3 Å². The molecule has 0 saturated carbocycles. The van der Waals surface area contributed by atoms with E-state index in [1.165, 1.54) is 4.90 Å². The van der Waals surface area contributed by atoms with Crippen molar-refractivity contribution in [3.8, 4) is 0 Å². The summed E-state index contributed by atoms with van der Waals surface area (Å²) in [6, 6.07) is 5.11. The van der Waals surface area contributed by atoms with Gasteiger partial charge in [0.05, 0.1) is 5.92 Å². The summed E-state index contributed by atoms with van der Waals surface area (Å²) in [5.41, 5.74) is 0.653. The lowest BCUT2D eigenvalue weighted by Gasteiger charge is -2.17. The van der Waals surface area contributed by atoms with Crippen LogP contribution < -0.4 is 0 Å². The molecule has 4 nitrogen and oxygen atoms in total. The molecule has 0 aromatic heterocycles. The second-order valence-electron chi connectivity index (χ2n) is 4.21. The average Bonchev–Trinajstić information content (AvgIpc) is 2.66. The molecule has 18 heavy (non-hydrogen) atoms. The van der Waals surface area contributed by atoms with Gasteiger partial charge in [-0.25, -0.2) is 0 Å². The normalized spacial score (nSPS) is 19.3. The average molecular weight is 288 g/mol. The highest BCUT2D eigenvalue weighted by atomic mass is 35.5. The van der Waals surface area contributed by atoms with Crippen LogP contribution in [0.25, 0.3) is 0 Å². The summed E-state index contributed by atoms with van der Waals surface area (Å²) in [4.78, 5) is 24.0. The lowest BCUT2D eigenvalue weighted by molar-refractivity contribution is -0.141. The predicted molar refractivity (Wildman–Crippen MR) is 67.6 cm³/mol. The fraction of sp³-hybridized carbons (Fsp3) is 0.333. The molecule has 96 valence electrons. The summed E-state index contributed by atoms with van der Waals surface area (Å²) >= 11 is 12.0. The van der Waals surface area contributed by atoms with Gasteiger partial charge in [-0.3, -0.25) is 9.59 Å². The Morgan fingerprint density at radius 2 is 2.00 bits per heavy atom. The quantitative estimate of drug-likeness (QED) is 0.929. The number of carbonyl (C=O) groups excluding carboxylic acids is 1. The molecule has 1 aliphatic rings. The highest BCUT2D eigenvalue weighted by molar-refractivity contribution is 6.36. The van der Waals surface area contributed by atoms with Crippen molar-refractivity contribution in [2.45, 2.75) is 13.0 Å². The van der Waals surface area contributed by atoms with Crippen LogP contribution in [0.3, 0.4) is 0 Å². The van der Waals surface area contributed by atoms with Gasteiger partial charge in [0.2, 0.25) is 5.91 Å². The Bertz CT molecular complexity index is 484. The number of benzene rings is 1. The molecule has 1 N–H and O–H groups in total. The second kappa shape index (κ2) is 5.16. The van der Waals surface area contributed by atoms with Crippen molar-refractivity contribution in [3.05, 3.63) is 33.8 Å². The zero-order valence-corrected chi connectivity index (χ0v) is 10.9. The monoisotopic (exact) mass is 287 g/mol. The Labute approximate surface area is 114 Å². The third-order valence-corrected chi connectivity index (χ3v) is 3.68. The molecule has 0 radical (unpaired) electrons. The molecule has 1 heterocycles. The van der Waals surface area contributed by atoms with Crippen LogP contribution in [0.2, 0.25) is 10.0 Å². The van der Waals surface area contributed by atoms with E-state index in [4.69, 9.17) is 28.3 Å². The Morgan fingerprint density at radius 1 is 1.39 bits per heavy atom. The van der Waals surface area contributed by atoms with E-state index in [0.717, 1.165) is 0 Å². The first-order chi connectivity index (χ1) is 8.49. The first-order valence-electron chi connectivity index (χ1n) is 5.42. The summed E-state index contributed by atoms with van der Waals surface area (Å²) < 4.78 is 0. The second-order valence-corrected chi connectivity index (χ2v) is 5.03. The molecule has 0 unspecified atom stereocenters. The third kappa shape index (κ3) is 2.60. The van der Waals surface area contributed by atoms with Crippen LogP contribution in [-0.2, 0) is 16.1 Å². The van der Waals surface area contributed by atoms with Crippen LogP contribution in [0.1, 0.15) is 12.0 Å². The van der Waals surface area contributed by atoms with E-state index in [2.05, 4.69) is 0 Å². The summed E-state index contributed by atoms with van der Waals surface area (Å²) in [7, 11) is 0. The van der Waals surface area contributed by atoms with E-state index >= 15 is 0 Å². The van der Waals surface area contributed by atoms with Crippen molar-refractivity contribution in [1.82, 2.24) is 4.90 Å². The van der Waals surface area contributed by atoms with E-state index in [1.54, 1.807) is 18.2 Å². The fourth-order valence-electron chi connectivity index (χ4n) is 1.96. The van der Waals surface area contributed by atoms with Crippen LogP contribution in [0.4, 0.5) is 0 Å². The molecule has 2 rings (SSSR count). The number of likely N-dealkylation sites (tertiary alicyclic amines) is 1. The molecule has 1 aliphatic heterocycles. The zero-order chi connectivity index (χ0) is 13.3. The molecule has 0 bridgehead atoms. The maximum absolute atomic E-state index is 11.7. The van der Waals surface area contributed by atoms with Crippen molar-refractivity contribution >= 4 is 35.1 Å². The minimum atomic E-state index is -0.948.